The van der Waals surface area contributed by atoms with E-state index in [4.69, 9.17) is 0 Å². The van der Waals surface area contributed by atoms with Crippen molar-refractivity contribution in [1.29, 1.82) is 0 Å². The Bertz CT molecular complexity index is 194. The van der Waals surface area contributed by atoms with Crippen LogP contribution >= 0.6 is 0 Å². The molecule has 1 aliphatic carbocycles. The highest BCUT2D eigenvalue weighted by atomic mass is 16.2. The van der Waals surface area contributed by atoms with Crippen LogP contribution in [0.4, 0.5) is 4.79 Å². The van der Waals surface area contributed by atoms with Gasteiger partial charge in [-0.1, -0.05) is 33.1 Å². The molecule has 3 heteroatoms. The summed E-state index contributed by atoms with van der Waals surface area (Å²) in [6, 6.07) is 0.405. The van der Waals surface area contributed by atoms with E-state index in [1.807, 2.05) is 0 Å². The van der Waals surface area contributed by atoms with Crippen LogP contribution in [0, 0.1) is 5.92 Å². The maximum absolute atomic E-state index is 11.5. The van der Waals surface area contributed by atoms with E-state index in [-0.39, 0.29) is 6.03 Å². The van der Waals surface area contributed by atoms with Gasteiger partial charge in [-0.2, -0.15) is 0 Å². The molecule has 2 N–H and O–H groups in total. The molecular weight excluding hydrogens is 188 g/mol. The fraction of sp³-hybridized carbons (Fsp3) is 0.917. The van der Waals surface area contributed by atoms with Crippen molar-refractivity contribution in [3.63, 3.8) is 0 Å². The molecule has 2 amide bonds. The van der Waals surface area contributed by atoms with E-state index in [1.54, 1.807) is 0 Å². The summed E-state index contributed by atoms with van der Waals surface area (Å²) >= 11 is 0. The zero-order valence-electron chi connectivity index (χ0n) is 10.0. The number of urea groups is 1. The van der Waals surface area contributed by atoms with Gasteiger partial charge in [0.25, 0.3) is 0 Å². The van der Waals surface area contributed by atoms with Gasteiger partial charge >= 0.3 is 6.03 Å². The zero-order chi connectivity index (χ0) is 11.1. The Morgan fingerprint density at radius 3 is 2.73 bits per heavy atom. The first-order valence-electron chi connectivity index (χ1n) is 6.28. The summed E-state index contributed by atoms with van der Waals surface area (Å²) in [6.45, 7) is 5.16. The molecule has 0 aliphatic heterocycles. The number of hydrogen-bond acceptors (Lipinski definition) is 1. The van der Waals surface area contributed by atoms with Crippen LogP contribution in [0.5, 0.6) is 0 Å². The summed E-state index contributed by atoms with van der Waals surface area (Å²) in [5, 5.41) is 5.98. The van der Waals surface area contributed by atoms with Gasteiger partial charge in [0.05, 0.1) is 0 Å². The lowest BCUT2D eigenvalue weighted by atomic mass is 9.86. The summed E-state index contributed by atoms with van der Waals surface area (Å²) in [6.07, 6.45) is 7.15. The van der Waals surface area contributed by atoms with Gasteiger partial charge in [-0.05, 0) is 25.2 Å². The van der Waals surface area contributed by atoms with Crippen molar-refractivity contribution in [3.05, 3.63) is 0 Å². The lowest BCUT2D eigenvalue weighted by Crippen LogP contribution is -2.46. The maximum Gasteiger partial charge on any atom is 0.315 e. The van der Waals surface area contributed by atoms with Crippen LogP contribution in [0.2, 0.25) is 0 Å². The normalized spacial score (nSPS) is 26.0. The second kappa shape index (κ2) is 6.70. The van der Waals surface area contributed by atoms with E-state index in [0.29, 0.717) is 12.0 Å². The molecule has 3 nitrogen and oxygen atoms in total. The molecule has 2 atom stereocenters. The van der Waals surface area contributed by atoms with Gasteiger partial charge in [0.1, 0.15) is 0 Å². The summed E-state index contributed by atoms with van der Waals surface area (Å²) in [4.78, 5) is 11.5. The van der Waals surface area contributed by atoms with E-state index in [9.17, 15) is 4.79 Å². The molecular formula is C12H24N2O. The second-order valence-electron chi connectivity index (χ2n) is 4.62. The van der Waals surface area contributed by atoms with E-state index in [2.05, 4.69) is 24.5 Å². The number of amides is 2. The topological polar surface area (TPSA) is 41.1 Å². The molecule has 0 radical (unpaired) electrons. The van der Waals surface area contributed by atoms with E-state index >= 15 is 0 Å². The first-order valence-corrected chi connectivity index (χ1v) is 6.28. The maximum atomic E-state index is 11.5. The highest BCUT2D eigenvalue weighted by Crippen LogP contribution is 2.23. The van der Waals surface area contributed by atoms with Gasteiger partial charge < -0.3 is 10.6 Å². The average Bonchev–Trinajstić information content (AvgIpc) is 2.22. The highest BCUT2D eigenvalue weighted by molar-refractivity contribution is 5.74. The van der Waals surface area contributed by atoms with Crippen LogP contribution in [0.1, 0.15) is 52.4 Å². The van der Waals surface area contributed by atoms with E-state index in [0.717, 1.165) is 25.8 Å². The molecule has 0 aromatic heterocycles. The molecule has 1 saturated carbocycles. The number of rotatable bonds is 4. The van der Waals surface area contributed by atoms with Crippen LogP contribution < -0.4 is 10.6 Å². The first kappa shape index (κ1) is 12.3. The number of nitrogens with one attached hydrogen (secondary N) is 2. The van der Waals surface area contributed by atoms with Gasteiger partial charge in [-0.3, -0.25) is 0 Å². The predicted molar refractivity (Wildman–Crippen MR) is 62.9 cm³/mol. The van der Waals surface area contributed by atoms with Gasteiger partial charge in [0.2, 0.25) is 0 Å². The molecule has 15 heavy (non-hydrogen) atoms. The van der Waals surface area contributed by atoms with Crippen molar-refractivity contribution < 1.29 is 4.79 Å². The molecule has 0 spiro atoms. The molecule has 1 fully saturated rings. The van der Waals surface area contributed by atoms with Gasteiger partial charge in [-0.25, -0.2) is 4.79 Å². The number of unbranched alkanes of at least 4 members (excludes halogenated alkanes) is 1. The Morgan fingerprint density at radius 2 is 2.07 bits per heavy atom. The minimum atomic E-state index is 0.0159. The van der Waals surface area contributed by atoms with Crippen LogP contribution in [0.25, 0.3) is 0 Å². The lowest BCUT2D eigenvalue weighted by Gasteiger charge is -2.29. The van der Waals surface area contributed by atoms with Gasteiger partial charge in [0, 0.05) is 12.6 Å². The number of hydrogen-bond donors (Lipinski definition) is 2. The zero-order valence-corrected chi connectivity index (χ0v) is 10.0. The lowest BCUT2D eigenvalue weighted by molar-refractivity contribution is 0.221. The molecule has 2 unspecified atom stereocenters. The summed E-state index contributed by atoms with van der Waals surface area (Å²) in [5.74, 6) is 0.635. The molecule has 0 bridgehead atoms. The number of carbonyl (C=O) groups is 1. The van der Waals surface area contributed by atoms with Crippen LogP contribution in [0.15, 0.2) is 0 Å². The summed E-state index contributed by atoms with van der Waals surface area (Å²) < 4.78 is 0. The molecule has 1 aliphatic rings. The third kappa shape index (κ3) is 4.54. The Morgan fingerprint density at radius 1 is 1.33 bits per heavy atom. The molecule has 0 aromatic carbocycles. The van der Waals surface area contributed by atoms with Crippen LogP contribution in [-0.2, 0) is 0 Å². The third-order valence-corrected chi connectivity index (χ3v) is 3.24. The van der Waals surface area contributed by atoms with Crippen molar-refractivity contribution in [2.45, 2.75) is 58.4 Å². The highest BCUT2D eigenvalue weighted by Gasteiger charge is 2.22. The fourth-order valence-electron chi connectivity index (χ4n) is 2.13. The summed E-state index contributed by atoms with van der Waals surface area (Å²) in [7, 11) is 0. The van der Waals surface area contributed by atoms with Crippen LogP contribution in [0.3, 0.4) is 0 Å². The van der Waals surface area contributed by atoms with Gasteiger partial charge in [0.15, 0.2) is 0 Å². The number of carbonyl (C=O) groups excluding carboxylic acids is 1. The SMILES string of the molecule is CCCCNC(=O)NC1CCCCC1C. The molecule has 88 valence electrons. The molecule has 0 saturated heterocycles. The van der Waals surface area contributed by atoms with Crippen molar-refractivity contribution in [2.75, 3.05) is 6.54 Å². The summed E-state index contributed by atoms with van der Waals surface area (Å²) in [5.41, 5.74) is 0. The Labute approximate surface area is 93.0 Å². The second-order valence-corrected chi connectivity index (χ2v) is 4.62. The Balaban J connectivity index is 2.18. The monoisotopic (exact) mass is 212 g/mol. The third-order valence-electron chi connectivity index (χ3n) is 3.24. The molecule has 0 aromatic rings. The van der Waals surface area contributed by atoms with Crippen molar-refractivity contribution in [1.82, 2.24) is 10.6 Å². The van der Waals surface area contributed by atoms with Gasteiger partial charge in [-0.15, -0.1) is 0 Å². The van der Waals surface area contributed by atoms with E-state index in [1.165, 1.54) is 19.3 Å². The predicted octanol–water partition coefficient (Wildman–Crippen LogP) is 2.66. The minimum Gasteiger partial charge on any atom is -0.338 e. The van der Waals surface area contributed by atoms with Crippen molar-refractivity contribution in [3.8, 4) is 0 Å². The van der Waals surface area contributed by atoms with Crippen molar-refractivity contribution >= 4 is 6.03 Å². The van der Waals surface area contributed by atoms with Crippen molar-refractivity contribution in [2.24, 2.45) is 5.92 Å². The largest absolute Gasteiger partial charge is 0.338 e. The molecule has 0 heterocycles. The first-order chi connectivity index (χ1) is 7.24. The molecule has 1 rings (SSSR count). The average molecular weight is 212 g/mol. The smallest absolute Gasteiger partial charge is 0.315 e. The quantitative estimate of drug-likeness (QED) is 0.691. The Hall–Kier alpha value is -0.730. The van der Waals surface area contributed by atoms with E-state index < -0.39 is 0 Å². The van der Waals surface area contributed by atoms with Crippen LogP contribution in [-0.4, -0.2) is 18.6 Å². The Kier molecular flexibility index (Phi) is 5.51. The standard InChI is InChI=1S/C12H24N2O/c1-3-4-9-13-12(15)14-11-8-6-5-7-10(11)2/h10-11H,3-9H2,1-2H3,(H2,13,14,15). The minimum absolute atomic E-state index is 0.0159. The fourth-order valence-corrected chi connectivity index (χ4v) is 2.13.